The van der Waals surface area contributed by atoms with Gasteiger partial charge in [0, 0.05) is 63.9 Å². The van der Waals surface area contributed by atoms with Crippen molar-refractivity contribution in [3.05, 3.63) is 113 Å². The number of Topliss-reactive ketones (excluding diaryl/α,β-unsaturated/α-hetero) is 2. The molecule has 6 N–H and O–H groups in total. The van der Waals surface area contributed by atoms with E-state index in [4.69, 9.17) is 4.74 Å². The lowest BCUT2D eigenvalue weighted by Crippen LogP contribution is -2.39. The number of hydrogen-bond donors (Lipinski definition) is 6. The predicted molar refractivity (Wildman–Crippen MR) is 249 cm³/mol. The number of carboxylic acids is 1. The molecule has 0 radical (unpaired) electrons. The Kier molecular flexibility index (Phi) is 22.0. The van der Waals surface area contributed by atoms with Crippen molar-refractivity contribution in [3.63, 3.8) is 0 Å². The Morgan fingerprint density at radius 1 is 0.677 bits per heavy atom. The number of carboxylic acid groups (broad SMARTS) is 1. The van der Waals surface area contributed by atoms with Crippen LogP contribution < -0.4 is 26.6 Å². The number of carbonyl (C=O) groups is 7. The molecule has 0 bridgehead atoms. The van der Waals surface area contributed by atoms with Crippen molar-refractivity contribution in [2.24, 2.45) is 0 Å². The number of ether oxygens (including phenoxy) is 1. The number of hydrogen-bond acceptors (Lipinski definition) is 10. The molecule has 3 aromatic carbocycles. The number of aryl methyl sites for hydroxylation is 3. The number of rotatable bonds is 30. The average molecular weight is 891 g/mol. The van der Waals surface area contributed by atoms with E-state index in [0.29, 0.717) is 69.7 Å². The van der Waals surface area contributed by atoms with Crippen LogP contribution in [0.5, 0.6) is 0 Å². The molecular formula is C50H62N6O9. The largest absolute Gasteiger partial charge is 0.481 e. The number of anilines is 2. The molecule has 0 aliphatic carbocycles. The van der Waals surface area contributed by atoms with E-state index in [-0.39, 0.29) is 67.9 Å². The Morgan fingerprint density at radius 3 is 2.14 bits per heavy atom. The highest BCUT2D eigenvalue weighted by molar-refractivity contribution is 5.98. The summed E-state index contributed by atoms with van der Waals surface area (Å²) in [5, 5.41) is 23.8. The van der Waals surface area contributed by atoms with Gasteiger partial charge in [-0.1, -0.05) is 60.7 Å². The van der Waals surface area contributed by atoms with Gasteiger partial charge in [-0.05, 0) is 110 Å². The molecule has 0 aliphatic rings. The van der Waals surface area contributed by atoms with Gasteiger partial charge in [0.05, 0.1) is 25.4 Å². The Hall–Kier alpha value is -6.74. The Labute approximate surface area is 380 Å². The minimum Gasteiger partial charge on any atom is -0.481 e. The van der Waals surface area contributed by atoms with Crippen LogP contribution in [-0.2, 0) is 51.1 Å². The molecule has 4 amide bonds. The quantitative estimate of drug-likeness (QED) is 0.0247. The molecule has 1 unspecified atom stereocenters. The maximum Gasteiger partial charge on any atom is 0.305 e. The zero-order chi connectivity index (χ0) is 46.8. The molecule has 0 saturated heterocycles. The van der Waals surface area contributed by atoms with E-state index in [2.05, 4.69) is 43.7 Å². The van der Waals surface area contributed by atoms with E-state index in [9.17, 15) is 38.7 Å². The van der Waals surface area contributed by atoms with E-state index in [1.54, 1.807) is 30.5 Å². The van der Waals surface area contributed by atoms with E-state index in [1.807, 2.05) is 55.5 Å². The van der Waals surface area contributed by atoms with Crippen molar-refractivity contribution in [2.75, 3.05) is 43.5 Å². The van der Waals surface area contributed by atoms with Crippen molar-refractivity contribution >= 4 is 52.7 Å². The first-order valence-electron chi connectivity index (χ1n) is 22.2. The molecule has 65 heavy (non-hydrogen) atoms. The fraction of sp³-hybridized carbons (Fsp3) is 0.400. The topological polar surface area (TPSA) is 222 Å². The van der Waals surface area contributed by atoms with Crippen LogP contribution in [0.2, 0.25) is 0 Å². The average Bonchev–Trinajstić information content (AvgIpc) is 3.27. The lowest BCUT2D eigenvalue weighted by atomic mass is 9.97. The highest BCUT2D eigenvalue weighted by Gasteiger charge is 2.19. The van der Waals surface area contributed by atoms with Crippen LogP contribution in [0.3, 0.4) is 0 Å². The van der Waals surface area contributed by atoms with Crippen molar-refractivity contribution in [2.45, 2.75) is 96.9 Å². The molecule has 0 spiro atoms. The van der Waals surface area contributed by atoms with Crippen LogP contribution in [-0.4, -0.2) is 84.1 Å². The number of nitrogens with zero attached hydrogens (tertiary/aromatic N) is 1. The fourth-order valence-corrected chi connectivity index (χ4v) is 6.86. The van der Waals surface area contributed by atoms with Crippen LogP contribution in [0.25, 0.3) is 11.1 Å². The van der Waals surface area contributed by atoms with Gasteiger partial charge in [0.2, 0.25) is 23.6 Å². The summed E-state index contributed by atoms with van der Waals surface area (Å²) in [6, 6.07) is 25.8. The third kappa shape index (κ3) is 21.0. The molecule has 0 saturated carbocycles. The molecule has 1 aromatic heterocycles. The number of pyridine rings is 1. The highest BCUT2D eigenvalue weighted by Crippen LogP contribution is 2.25. The summed E-state index contributed by atoms with van der Waals surface area (Å²) >= 11 is 0. The molecule has 4 rings (SSSR count). The van der Waals surface area contributed by atoms with Crippen molar-refractivity contribution < 1.29 is 43.4 Å². The van der Waals surface area contributed by atoms with Crippen LogP contribution in [0, 0.1) is 6.92 Å². The number of nitrogens with one attached hydrogen (secondary N) is 5. The predicted octanol–water partition coefficient (Wildman–Crippen LogP) is 6.44. The van der Waals surface area contributed by atoms with Gasteiger partial charge in [-0.3, -0.25) is 33.6 Å². The number of aromatic nitrogens is 1. The van der Waals surface area contributed by atoms with Gasteiger partial charge in [-0.15, -0.1) is 0 Å². The maximum atomic E-state index is 12.7. The molecule has 15 heteroatoms. The van der Waals surface area contributed by atoms with E-state index >= 15 is 0 Å². The van der Waals surface area contributed by atoms with Gasteiger partial charge in [0.25, 0.3) is 0 Å². The zero-order valence-electron chi connectivity index (χ0n) is 37.4. The molecule has 1 atom stereocenters. The van der Waals surface area contributed by atoms with Gasteiger partial charge >= 0.3 is 5.97 Å². The molecule has 1 heterocycles. The first-order chi connectivity index (χ1) is 31.3. The van der Waals surface area contributed by atoms with Crippen LogP contribution >= 0.6 is 0 Å². The standard InChI is InChI=1S/C50H62N6O9/c1-35-24-27-52-45(30-35)51-25-5-13-47(60)54-34-49(62)56-44(33-50(63)64)40-19-17-39(18-20-40)41-10-3-8-38(32-41)9-6-28-65-29-7-26-53-46(59)11-4-12-48(61)55-42-21-14-37(15-22-42)16-23-43(58)31-36(2)57/h3,8,10,14-15,17-22,24,27,30,32,44H,4-7,9,11-13,16,23,25-26,28-29,31,33-34H2,1-2H3,(H,51,52)(H,53,59)(H,54,60)(H,55,61)(H,56,62)(H,63,64). The van der Waals surface area contributed by atoms with E-state index in [0.717, 1.165) is 46.5 Å². The van der Waals surface area contributed by atoms with Gasteiger partial charge in [-0.2, -0.15) is 0 Å². The van der Waals surface area contributed by atoms with Gasteiger partial charge < -0.3 is 36.4 Å². The molecular weight excluding hydrogens is 829 g/mol. The zero-order valence-corrected chi connectivity index (χ0v) is 37.4. The molecule has 0 aliphatic heterocycles. The first kappa shape index (κ1) is 50.9. The minimum absolute atomic E-state index is 0.0438. The summed E-state index contributed by atoms with van der Waals surface area (Å²) in [4.78, 5) is 88.4. The van der Waals surface area contributed by atoms with E-state index in [1.165, 1.54) is 6.92 Å². The van der Waals surface area contributed by atoms with Crippen molar-refractivity contribution in [1.29, 1.82) is 0 Å². The lowest BCUT2D eigenvalue weighted by Gasteiger charge is -2.18. The number of carbonyl (C=O) groups excluding carboxylic acids is 6. The second kappa shape index (κ2) is 28.1. The summed E-state index contributed by atoms with van der Waals surface area (Å²) in [5.74, 6) is -1.62. The van der Waals surface area contributed by atoms with E-state index < -0.39 is 17.9 Å². The number of ketones is 2. The van der Waals surface area contributed by atoms with Crippen LogP contribution in [0.4, 0.5) is 11.5 Å². The van der Waals surface area contributed by atoms with Crippen LogP contribution in [0.1, 0.15) is 99.4 Å². The summed E-state index contributed by atoms with van der Waals surface area (Å²) in [5.41, 5.74) is 6.37. The van der Waals surface area contributed by atoms with Gasteiger partial charge in [-0.25, -0.2) is 4.98 Å². The lowest BCUT2D eigenvalue weighted by molar-refractivity contribution is -0.138. The summed E-state index contributed by atoms with van der Waals surface area (Å²) in [6.45, 7) is 5.20. The molecule has 4 aromatic rings. The van der Waals surface area contributed by atoms with Gasteiger partial charge in [0.1, 0.15) is 17.4 Å². The normalized spacial score (nSPS) is 11.2. The summed E-state index contributed by atoms with van der Waals surface area (Å²) < 4.78 is 5.79. The second-order valence-corrected chi connectivity index (χ2v) is 16.0. The fourth-order valence-electron chi connectivity index (χ4n) is 6.86. The van der Waals surface area contributed by atoms with Crippen molar-refractivity contribution in [3.8, 4) is 11.1 Å². The maximum absolute atomic E-state index is 12.7. The highest BCUT2D eigenvalue weighted by atomic mass is 16.5. The monoisotopic (exact) mass is 890 g/mol. The first-order valence-corrected chi connectivity index (χ1v) is 22.2. The SMILES string of the molecule is CC(=O)CC(=O)CCc1ccc(NC(=O)CCCC(=O)NCCCOCCCc2cccc(-c3ccc(C(CC(=O)O)NC(=O)CNC(=O)CCCNc4cc(C)ccn4)cc3)c2)cc1. The smallest absolute Gasteiger partial charge is 0.305 e. The Bertz CT molecular complexity index is 2190. The van der Waals surface area contributed by atoms with Crippen LogP contribution in [0.15, 0.2) is 91.1 Å². The third-order valence-corrected chi connectivity index (χ3v) is 10.3. The number of benzene rings is 3. The molecule has 0 fully saturated rings. The van der Waals surface area contributed by atoms with Gasteiger partial charge in [0.15, 0.2) is 0 Å². The summed E-state index contributed by atoms with van der Waals surface area (Å²) in [6.07, 6.45) is 6.10. The summed E-state index contributed by atoms with van der Waals surface area (Å²) in [7, 11) is 0. The number of amides is 4. The Morgan fingerprint density at radius 2 is 1.40 bits per heavy atom. The minimum atomic E-state index is -1.06. The second-order valence-electron chi connectivity index (χ2n) is 16.0. The molecule has 15 nitrogen and oxygen atoms in total. The third-order valence-electron chi connectivity index (χ3n) is 10.3. The molecule has 346 valence electrons. The van der Waals surface area contributed by atoms with Crippen molar-refractivity contribution in [1.82, 2.24) is 20.9 Å². The Balaban J connectivity index is 1.06. The number of aliphatic carboxylic acids is 1.